The Labute approximate surface area is 139 Å². The quantitative estimate of drug-likeness (QED) is 0.368. The van der Waals surface area contributed by atoms with Crippen LogP contribution in [0.25, 0.3) is 0 Å². The summed E-state index contributed by atoms with van der Waals surface area (Å²) < 4.78 is 0. The first-order valence-electron chi connectivity index (χ1n) is 7.39. The molecule has 0 aliphatic rings. The molecule has 1 aromatic heterocycles. The van der Waals surface area contributed by atoms with E-state index in [1.165, 1.54) is 15.8 Å². The molecule has 122 valence electrons. The van der Waals surface area contributed by atoms with Gasteiger partial charge in [0, 0.05) is 28.4 Å². The molecular formula is C16H20N4O2S. The van der Waals surface area contributed by atoms with E-state index >= 15 is 0 Å². The van der Waals surface area contributed by atoms with Crippen molar-refractivity contribution in [2.75, 3.05) is 6.54 Å². The number of guanidine groups is 1. The van der Waals surface area contributed by atoms with Crippen molar-refractivity contribution < 1.29 is 4.92 Å². The molecule has 0 amide bonds. The van der Waals surface area contributed by atoms with Gasteiger partial charge in [0.25, 0.3) is 5.69 Å². The van der Waals surface area contributed by atoms with Crippen LogP contribution in [0.2, 0.25) is 0 Å². The first-order chi connectivity index (χ1) is 11.1. The van der Waals surface area contributed by atoms with Crippen molar-refractivity contribution in [1.29, 1.82) is 0 Å². The maximum absolute atomic E-state index is 10.8. The standard InChI is InChI=1S/C16H20N4O2S/c1-3-17-16(19-11-15-8-7-12(2)23-15)18-10-13-5-4-6-14(9-13)20(21)22/h4-9H,3,10-11H2,1-2H3,(H2,17,18,19). The number of rotatable bonds is 6. The largest absolute Gasteiger partial charge is 0.357 e. The normalized spacial score (nSPS) is 11.3. The highest BCUT2D eigenvalue weighted by Crippen LogP contribution is 2.15. The molecule has 23 heavy (non-hydrogen) atoms. The van der Waals surface area contributed by atoms with E-state index in [0.29, 0.717) is 19.0 Å². The molecule has 2 N–H and O–H groups in total. The fourth-order valence-electron chi connectivity index (χ4n) is 2.03. The SMILES string of the molecule is CCNC(=NCc1cccc([N+](=O)[O-])c1)NCc1ccc(C)s1. The highest BCUT2D eigenvalue weighted by molar-refractivity contribution is 7.11. The fourth-order valence-corrected chi connectivity index (χ4v) is 2.86. The van der Waals surface area contributed by atoms with Gasteiger partial charge in [0.15, 0.2) is 5.96 Å². The Morgan fingerprint density at radius 2 is 2.13 bits per heavy atom. The maximum Gasteiger partial charge on any atom is 0.269 e. The lowest BCUT2D eigenvalue weighted by atomic mass is 10.2. The molecule has 0 bridgehead atoms. The Balaban J connectivity index is 2.00. The molecule has 0 saturated heterocycles. The molecule has 1 aromatic carbocycles. The number of aliphatic imine (C=N–C) groups is 1. The smallest absolute Gasteiger partial charge is 0.269 e. The second kappa shape index (κ2) is 8.28. The summed E-state index contributed by atoms with van der Waals surface area (Å²) in [4.78, 5) is 17.4. The predicted molar refractivity (Wildman–Crippen MR) is 93.8 cm³/mol. The Morgan fingerprint density at radius 3 is 2.78 bits per heavy atom. The second-order valence-corrected chi connectivity index (χ2v) is 6.36. The summed E-state index contributed by atoms with van der Waals surface area (Å²) in [6.45, 7) is 5.93. The zero-order valence-electron chi connectivity index (χ0n) is 13.2. The van der Waals surface area contributed by atoms with E-state index in [9.17, 15) is 10.1 Å². The number of non-ortho nitro benzene ring substituents is 1. The Morgan fingerprint density at radius 1 is 1.30 bits per heavy atom. The molecule has 0 fully saturated rings. The molecule has 0 aliphatic heterocycles. The third kappa shape index (κ3) is 5.37. The number of benzene rings is 1. The van der Waals surface area contributed by atoms with Crippen molar-refractivity contribution in [3.05, 3.63) is 61.8 Å². The van der Waals surface area contributed by atoms with Crippen LogP contribution in [0.5, 0.6) is 0 Å². The van der Waals surface area contributed by atoms with Crippen LogP contribution >= 0.6 is 11.3 Å². The lowest BCUT2D eigenvalue weighted by Crippen LogP contribution is -2.36. The molecule has 0 saturated carbocycles. The summed E-state index contributed by atoms with van der Waals surface area (Å²) in [6, 6.07) is 10.7. The lowest BCUT2D eigenvalue weighted by Gasteiger charge is -2.10. The molecule has 0 aliphatic carbocycles. The van der Waals surface area contributed by atoms with E-state index in [2.05, 4.69) is 34.7 Å². The van der Waals surface area contributed by atoms with Gasteiger partial charge in [0.1, 0.15) is 0 Å². The van der Waals surface area contributed by atoms with E-state index in [1.807, 2.05) is 13.0 Å². The van der Waals surface area contributed by atoms with E-state index in [4.69, 9.17) is 0 Å². The third-order valence-corrected chi connectivity index (χ3v) is 4.11. The average Bonchev–Trinajstić information content (AvgIpc) is 2.96. The topological polar surface area (TPSA) is 79.6 Å². The number of thiophene rings is 1. The van der Waals surface area contributed by atoms with Gasteiger partial charge in [0.2, 0.25) is 0 Å². The van der Waals surface area contributed by atoms with Crippen molar-refractivity contribution in [2.24, 2.45) is 4.99 Å². The van der Waals surface area contributed by atoms with E-state index < -0.39 is 4.92 Å². The van der Waals surface area contributed by atoms with Gasteiger partial charge in [-0.15, -0.1) is 11.3 Å². The molecule has 0 spiro atoms. The number of nitro benzene ring substituents is 1. The molecular weight excluding hydrogens is 312 g/mol. The van der Waals surface area contributed by atoms with Crippen molar-refractivity contribution in [2.45, 2.75) is 26.9 Å². The number of hydrogen-bond acceptors (Lipinski definition) is 4. The van der Waals surface area contributed by atoms with Gasteiger partial charge >= 0.3 is 0 Å². The predicted octanol–water partition coefficient (Wildman–Crippen LogP) is 3.22. The zero-order valence-corrected chi connectivity index (χ0v) is 14.0. The second-order valence-electron chi connectivity index (χ2n) is 4.99. The van der Waals surface area contributed by atoms with E-state index in [-0.39, 0.29) is 5.69 Å². The number of nitrogens with zero attached hydrogens (tertiary/aromatic N) is 2. The lowest BCUT2D eigenvalue weighted by molar-refractivity contribution is -0.384. The monoisotopic (exact) mass is 332 g/mol. The first kappa shape index (κ1) is 17.0. The molecule has 0 atom stereocenters. The zero-order chi connectivity index (χ0) is 16.7. The van der Waals surface area contributed by atoms with Crippen molar-refractivity contribution >= 4 is 23.0 Å². The highest BCUT2D eigenvalue weighted by Gasteiger charge is 2.06. The summed E-state index contributed by atoms with van der Waals surface area (Å²) in [5.74, 6) is 0.699. The Kier molecular flexibility index (Phi) is 6.10. The van der Waals surface area contributed by atoms with Crippen molar-refractivity contribution in [3.8, 4) is 0 Å². The van der Waals surface area contributed by atoms with Crippen molar-refractivity contribution in [3.63, 3.8) is 0 Å². The molecule has 2 rings (SSSR count). The number of nitro groups is 1. The van der Waals surface area contributed by atoms with Crippen LogP contribution in [0.15, 0.2) is 41.4 Å². The van der Waals surface area contributed by atoms with Crippen molar-refractivity contribution in [1.82, 2.24) is 10.6 Å². The number of hydrogen-bond donors (Lipinski definition) is 2. The Hall–Kier alpha value is -2.41. The molecule has 1 heterocycles. The van der Waals surface area contributed by atoms with Gasteiger partial charge < -0.3 is 10.6 Å². The molecule has 0 radical (unpaired) electrons. The van der Waals surface area contributed by atoms with Gasteiger partial charge in [-0.25, -0.2) is 4.99 Å². The van der Waals surface area contributed by atoms with Gasteiger partial charge in [-0.1, -0.05) is 12.1 Å². The molecule has 2 aromatic rings. The summed E-state index contributed by atoms with van der Waals surface area (Å²) in [5, 5.41) is 17.3. The van der Waals surface area contributed by atoms with Gasteiger partial charge in [-0.05, 0) is 31.5 Å². The molecule has 0 unspecified atom stereocenters. The number of nitrogens with one attached hydrogen (secondary N) is 2. The van der Waals surface area contributed by atoms with Crippen LogP contribution in [0.3, 0.4) is 0 Å². The minimum absolute atomic E-state index is 0.0877. The van der Waals surface area contributed by atoms with Crippen LogP contribution < -0.4 is 10.6 Å². The minimum atomic E-state index is -0.393. The summed E-state index contributed by atoms with van der Waals surface area (Å²) in [7, 11) is 0. The molecule has 7 heteroatoms. The summed E-state index contributed by atoms with van der Waals surface area (Å²) in [5.41, 5.74) is 0.896. The third-order valence-electron chi connectivity index (χ3n) is 3.11. The fraction of sp³-hybridized carbons (Fsp3) is 0.312. The Bertz CT molecular complexity index is 697. The maximum atomic E-state index is 10.8. The summed E-state index contributed by atoms with van der Waals surface area (Å²) in [6.07, 6.45) is 0. The van der Waals surface area contributed by atoms with Crippen LogP contribution in [-0.2, 0) is 13.1 Å². The van der Waals surface area contributed by atoms with Crippen LogP contribution in [0, 0.1) is 17.0 Å². The van der Waals surface area contributed by atoms with E-state index in [0.717, 1.165) is 12.1 Å². The van der Waals surface area contributed by atoms with E-state index in [1.54, 1.807) is 23.5 Å². The van der Waals surface area contributed by atoms with Crippen LogP contribution in [0.4, 0.5) is 5.69 Å². The molecule has 6 nitrogen and oxygen atoms in total. The average molecular weight is 332 g/mol. The van der Waals surface area contributed by atoms with Gasteiger partial charge in [-0.2, -0.15) is 0 Å². The van der Waals surface area contributed by atoms with Crippen LogP contribution in [0.1, 0.15) is 22.2 Å². The first-order valence-corrected chi connectivity index (χ1v) is 8.21. The number of aryl methyl sites for hydroxylation is 1. The summed E-state index contributed by atoms with van der Waals surface area (Å²) >= 11 is 1.75. The minimum Gasteiger partial charge on any atom is -0.357 e. The van der Waals surface area contributed by atoms with Gasteiger partial charge in [0.05, 0.1) is 18.0 Å². The van der Waals surface area contributed by atoms with Gasteiger partial charge in [-0.3, -0.25) is 10.1 Å². The van der Waals surface area contributed by atoms with Crippen LogP contribution in [-0.4, -0.2) is 17.4 Å². The highest BCUT2D eigenvalue weighted by atomic mass is 32.1.